The van der Waals surface area contributed by atoms with Crippen LogP contribution in [-0.4, -0.2) is 145 Å². The van der Waals surface area contributed by atoms with Crippen molar-refractivity contribution >= 4 is 23.6 Å². The number of hydrogen-bond donors (Lipinski definition) is 4. The molecule has 0 aromatic heterocycles. The molecule has 1 saturated heterocycles. The van der Waals surface area contributed by atoms with E-state index in [0.29, 0.717) is 58.8 Å². The summed E-state index contributed by atoms with van der Waals surface area (Å²) in [7, 11) is 0. The van der Waals surface area contributed by atoms with Crippen LogP contribution in [0.15, 0.2) is 0 Å². The molecule has 1 aliphatic heterocycles. The second-order valence-corrected chi connectivity index (χ2v) is 9.11. The number of likely N-dealkylation sites (N-methyl/N-ethyl adjacent to an activating group) is 1. The Balaban J connectivity index is 2.66. The number of carboxylic acid groups (broad SMARTS) is 2. The molecule has 12 nitrogen and oxygen atoms in total. The first-order valence-electron chi connectivity index (χ1n) is 12.5. The van der Waals surface area contributed by atoms with Crippen molar-refractivity contribution in [1.82, 2.24) is 24.9 Å². The zero-order valence-corrected chi connectivity index (χ0v) is 21.3. The Hall–Kier alpha value is -2.12. The van der Waals surface area contributed by atoms with Gasteiger partial charge in [-0.05, 0) is 32.7 Å². The molecule has 35 heavy (non-hydrogen) atoms. The van der Waals surface area contributed by atoms with Gasteiger partial charge in [-0.3, -0.25) is 33.9 Å². The molecule has 1 aliphatic rings. The van der Waals surface area contributed by atoms with Gasteiger partial charge in [0.25, 0.3) is 0 Å². The molecule has 0 radical (unpaired) electrons. The van der Waals surface area contributed by atoms with Crippen molar-refractivity contribution in [1.29, 1.82) is 0 Å². The molecule has 1 amide bonds. The number of unbranched alkanes of at least 4 members (excludes halogenated alkanes) is 1. The fourth-order valence-corrected chi connectivity index (χ4v) is 3.93. The zero-order chi connectivity index (χ0) is 26.2. The van der Waals surface area contributed by atoms with Crippen LogP contribution >= 0.6 is 0 Å². The molecule has 0 bridgehead atoms. The Morgan fingerprint density at radius 1 is 0.771 bits per heavy atom. The topological polar surface area (TPSA) is 160 Å². The third-order valence-corrected chi connectivity index (χ3v) is 6.25. The lowest BCUT2D eigenvalue weighted by molar-refractivity contribution is -0.140. The van der Waals surface area contributed by atoms with Gasteiger partial charge in [-0.1, -0.05) is 6.92 Å². The Morgan fingerprint density at radius 3 is 1.60 bits per heavy atom. The van der Waals surface area contributed by atoms with Crippen molar-refractivity contribution in [2.24, 2.45) is 5.73 Å². The van der Waals surface area contributed by atoms with Gasteiger partial charge in [0.2, 0.25) is 5.91 Å². The van der Waals surface area contributed by atoms with Crippen molar-refractivity contribution in [3.8, 4) is 0 Å². The maximum Gasteiger partial charge on any atom is 0.317 e. The molecule has 1 rings (SSSR count). The Labute approximate surface area is 208 Å². The molecule has 1 atom stereocenters. The Morgan fingerprint density at radius 2 is 1.20 bits per heavy atom. The maximum absolute atomic E-state index is 12.5. The predicted molar refractivity (Wildman–Crippen MR) is 132 cm³/mol. The number of Topliss-reactive ketones (excluding diaryl/α,β-unsaturated/α-hetero) is 1. The number of carboxylic acids is 2. The minimum absolute atomic E-state index is 0.0306. The van der Waals surface area contributed by atoms with E-state index in [4.69, 9.17) is 5.73 Å². The SMILES string of the molecule is CCN1CCN(CC(=O)O)CCN(CC(=O)O)CCN(CC(=O)NCCCCC(N)C(C)=O)CC1. The van der Waals surface area contributed by atoms with Gasteiger partial charge in [0, 0.05) is 58.9 Å². The third-order valence-electron chi connectivity index (χ3n) is 6.25. The number of carbonyl (C=O) groups excluding carboxylic acids is 2. The summed E-state index contributed by atoms with van der Waals surface area (Å²) in [4.78, 5) is 54.2. The number of nitrogens with zero attached hydrogens (tertiary/aromatic N) is 4. The fourth-order valence-electron chi connectivity index (χ4n) is 3.93. The fraction of sp³-hybridized carbons (Fsp3) is 0.826. The lowest BCUT2D eigenvalue weighted by atomic mass is 10.1. The van der Waals surface area contributed by atoms with Gasteiger partial charge in [-0.25, -0.2) is 0 Å². The first-order chi connectivity index (χ1) is 16.6. The quantitative estimate of drug-likeness (QED) is 0.220. The van der Waals surface area contributed by atoms with Gasteiger partial charge in [0.1, 0.15) is 5.78 Å². The molecule has 0 aromatic carbocycles. The minimum Gasteiger partial charge on any atom is -0.480 e. The van der Waals surface area contributed by atoms with Gasteiger partial charge in [-0.2, -0.15) is 0 Å². The van der Waals surface area contributed by atoms with E-state index >= 15 is 0 Å². The van der Waals surface area contributed by atoms with Crippen LogP contribution in [0.3, 0.4) is 0 Å². The maximum atomic E-state index is 12.5. The van der Waals surface area contributed by atoms with E-state index < -0.39 is 18.0 Å². The lowest BCUT2D eigenvalue weighted by Crippen LogP contribution is -2.49. The van der Waals surface area contributed by atoms with Crippen LogP contribution in [0, 0.1) is 0 Å². The summed E-state index contributed by atoms with van der Waals surface area (Å²) in [5, 5.41) is 21.4. The molecule has 0 spiro atoms. The number of ketones is 1. The van der Waals surface area contributed by atoms with Crippen molar-refractivity contribution in [2.45, 2.75) is 39.2 Å². The average Bonchev–Trinajstić information content (AvgIpc) is 2.78. The summed E-state index contributed by atoms with van der Waals surface area (Å²) in [6.07, 6.45) is 2.11. The van der Waals surface area contributed by atoms with Crippen molar-refractivity contribution in [2.75, 3.05) is 85.1 Å². The number of hydrogen-bond acceptors (Lipinski definition) is 9. The third kappa shape index (κ3) is 14.8. The number of amides is 1. The van der Waals surface area contributed by atoms with Gasteiger partial charge in [0.15, 0.2) is 0 Å². The molecule has 5 N–H and O–H groups in total. The summed E-state index contributed by atoms with van der Waals surface area (Å²) in [5.41, 5.74) is 5.73. The Kier molecular flexibility index (Phi) is 15.3. The highest BCUT2D eigenvalue weighted by atomic mass is 16.4. The average molecular weight is 501 g/mol. The largest absolute Gasteiger partial charge is 0.480 e. The molecule has 1 fully saturated rings. The molecule has 0 saturated carbocycles. The van der Waals surface area contributed by atoms with Crippen LogP contribution in [0.25, 0.3) is 0 Å². The molecule has 0 aliphatic carbocycles. The highest BCUT2D eigenvalue weighted by Crippen LogP contribution is 2.02. The number of nitrogens with one attached hydrogen (secondary N) is 1. The number of nitrogens with two attached hydrogens (primary N) is 1. The first kappa shape index (κ1) is 30.9. The second kappa shape index (κ2) is 17.3. The molecular weight excluding hydrogens is 456 g/mol. The summed E-state index contributed by atoms with van der Waals surface area (Å²) in [5.74, 6) is -1.96. The summed E-state index contributed by atoms with van der Waals surface area (Å²) in [6, 6.07) is -0.445. The second-order valence-electron chi connectivity index (χ2n) is 9.11. The number of aliphatic carboxylic acids is 2. The van der Waals surface area contributed by atoms with Crippen LogP contribution in [0.5, 0.6) is 0 Å². The molecule has 202 valence electrons. The van der Waals surface area contributed by atoms with Gasteiger partial charge in [0.05, 0.1) is 25.7 Å². The van der Waals surface area contributed by atoms with Crippen molar-refractivity contribution in [3.05, 3.63) is 0 Å². The lowest BCUT2D eigenvalue weighted by Gasteiger charge is -2.33. The smallest absolute Gasteiger partial charge is 0.317 e. The Bertz CT molecular complexity index is 679. The van der Waals surface area contributed by atoms with Gasteiger partial charge in [-0.15, -0.1) is 0 Å². The van der Waals surface area contributed by atoms with E-state index in [1.54, 1.807) is 4.90 Å². The standard InChI is InChI=1S/C23H44N6O6/c1-3-26-8-10-27(16-21(31)25-7-5-4-6-20(24)19(2)30)12-13-29(18-23(34)35)15-14-28(11-9-26)17-22(32)33/h20H,3-18,24H2,1-2H3,(H,25,31)(H,32,33)(H,34,35). The van der Waals surface area contributed by atoms with E-state index in [1.165, 1.54) is 6.92 Å². The normalized spacial score (nSPS) is 18.8. The molecule has 1 heterocycles. The van der Waals surface area contributed by atoms with Gasteiger partial charge >= 0.3 is 11.9 Å². The van der Waals surface area contributed by atoms with Crippen LogP contribution in [-0.2, 0) is 19.2 Å². The van der Waals surface area contributed by atoms with Crippen molar-refractivity contribution < 1.29 is 29.4 Å². The van der Waals surface area contributed by atoms with Crippen LogP contribution in [0.4, 0.5) is 0 Å². The first-order valence-corrected chi connectivity index (χ1v) is 12.5. The van der Waals surface area contributed by atoms with E-state index in [0.717, 1.165) is 25.9 Å². The highest BCUT2D eigenvalue weighted by Gasteiger charge is 2.19. The molecule has 0 aromatic rings. The van der Waals surface area contributed by atoms with Crippen molar-refractivity contribution in [3.63, 3.8) is 0 Å². The van der Waals surface area contributed by atoms with Crippen LogP contribution in [0.2, 0.25) is 0 Å². The molecular formula is C23H44N6O6. The minimum atomic E-state index is -0.937. The van der Waals surface area contributed by atoms with E-state index in [-0.39, 0.29) is 31.3 Å². The number of carbonyl (C=O) groups is 4. The van der Waals surface area contributed by atoms with E-state index in [1.807, 2.05) is 9.80 Å². The van der Waals surface area contributed by atoms with E-state index in [2.05, 4.69) is 17.1 Å². The predicted octanol–water partition coefficient (Wildman–Crippen LogP) is -1.40. The summed E-state index contributed by atoms with van der Waals surface area (Å²) in [6.45, 7) is 9.42. The van der Waals surface area contributed by atoms with Crippen LogP contribution < -0.4 is 11.1 Å². The summed E-state index contributed by atoms with van der Waals surface area (Å²) >= 11 is 0. The monoisotopic (exact) mass is 500 g/mol. The highest BCUT2D eigenvalue weighted by molar-refractivity contribution is 5.81. The summed E-state index contributed by atoms with van der Waals surface area (Å²) < 4.78 is 0. The molecule has 12 heteroatoms. The molecule has 1 unspecified atom stereocenters. The van der Waals surface area contributed by atoms with Crippen LogP contribution in [0.1, 0.15) is 33.1 Å². The van der Waals surface area contributed by atoms with Gasteiger partial charge < -0.3 is 26.2 Å². The number of rotatable bonds is 13. The zero-order valence-electron chi connectivity index (χ0n) is 21.3. The van der Waals surface area contributed by atoms with E-state index in [9.17, 15) is 29.4 Å².